The van der Waals surface area contributed by atoms with E-state index >= 15 is 0 Å². The predicted octanol–water partition coefficient (Wildman–Crippen LogP) is 2.72. The Kier molecular flexibility index (Phi) is 2.41. The smallest absolute Gasteiger partial charge is 0.144 e. The molecule has 4 nitrogen and oxygen atoms in total. The number of imidazole rings is 1. The normalized spacial score (nSPS) is 10.7. The van der Waals surface area contributed by atoms with Gasteiger partial charge in [0, 0.05) is 5.56 Å². The number of hydrogen-bond donors (Lipinski definition) is 1. The van der Waals surface area contributed by atoms with Crippen molar-refractivity contribution in [2.75, 3.05) is 7.11 Å². The maximum atomic E-state index is 9.53. The van der Waals surface area contributed by atoms with E-state index in [1.54, 1.807) is 25.6 Å². The van der Waals surface area contributed by atoms with Crippen molar-refractivity contribution in [3.63, 3.8) is 0 Å². The molecule has 0 radical (unpaired) electrons. The Bertz CT molecular complexity index is 687. The van der Waals surface area contributed by atoms with Crippen LogP contribution in [0.2, 0.25) is 0 Å². The fraction of sp³-hybridized carbons (Fsp3) is 0.0714. The molecule has 3 rings (SSSR count). The molecule has 0 saturated carbocycles. The van der Waals surface area contributed by atoms with Crippen LogP contribution < -0.4 is 4.74 Å². The first-order valence-electron chi connectivity index (χ1n) is 5.58. The molecule has 1 N–H and O–H groups in total. The molecule has 0 bridgehead atoms. The molecule has 2 heterocycles. The third-order valence-corrected chi connectivity index (χ3v) is 2.86. The van der Waals surface area contributed by atoms with Crippen molar-refractivity contribution in [3.05, 3.63) is 48.8 Å². The number of ether oxygens (including phenoxy) is 1. The molecule has 0 atom stereocenters. The molecule has 0 aliphatic rings. The molecule has 0 spiro atoms. The molecule has 0 unspecified atom stereocenters. The monoisotopic (exact) mass is 240 g/mol. The Morgan fingerprint density at radius 3 is 2.61 bits per heavy atom. The highest BCUT2D eigenvalue weighted by Gasteiger charge is 2.06. The highest BCUT2D eigenvalue weighted by Crippen LogP contribution is 2.23. The summed E-state index contributed by atoms with van der Waals surface area (Å²) >= 11 is 0. The molecule has 1 aromatic carbocycles. The van der Waals surface area contributed by atoms with Gasteiger partial charge in [-0.05, 0) is 36.4 Å². The lowest BCUT2D eigenvalue weighted by Crippen LogP contribution is -1.89. The summed E-state index contributed by atoms with van der Waals surface area (Å²) in [6.07, 6.45) is 3.43. The minimum absolute atomic E-state index is 0.218. The van der Waals surface area contributed by atoms with Crippen LogP contribution in [0.3, 0.4) is 0 Å². The molecule has 2 aromatic heterocycles. The summed E-state index contributed by atoms with van der Waals surface area (Å²) < 4.78 is 6.98. The van der Waals surface area contributed by atoms with E-state index in [-0.39, 0.29) is 5.75 Å². The van der Waals surface area contributed by atoms with Crippen LogP contribution >= 0.6 is 0 Å². The minimum Gasteiger partial charge on any atom is -0.506 e. The summed E-state index contributed by atoms with van der Waals surface area (Å²) in [5.41, 5.74) is 1.92. The molecule has 0 fully saturated rings. The predicted molar refractivity (Wildman–Crippen MR) is 68.8 cm³/mol. The van der Waals surface area contributed by atoms with Gasteiger partial charge >= 0.3 is 0 Å². The first kappa shape index (κ1) is 10.7. The second-order valence-electron chi connectivity index (χ2n) is 3.99. The molecule has 0 aliphatic heterocycles. The summed E-state index contributed by atoms with van der Waals surface area (Å²) in [5, 5.41) is 9.53. The van der Waals surface area contributed by atoms with E-state index in [0.717, 1.165) is 22.7 Å². The van der Waals surface area contributed by atoms with Gasteiger partial charge in [0.1, 0.15) is 17.3 Å². The average Bonchev–Trinajstić information content (AvgIpc) is 2.82. The molecular formula is C14H12N2O2. The van der Waals surface area contributed by atoms with Crippen molar-refractivity contribution in [2.45, 2.75) is 0 Å². The molecule has 0 aliphatic carbocycles. The maximum absolute atomic E-state index is 9.53. The van der Waals surface area contributed by atoms with Crippen LogP contribution in [-0.4, -0.2) is 21.6 Å². The van der Waals surface area contributed by atoms with Crippen LogP contribution in [0.1, 0.15) is 0 Å². The van der Waals surface area contributed by atoms with Crippen molar-refractivity contribution in [2.24, 2.45) is 0 Å². The quantitative estimate of drug-likeness (QED) is 0.749. The van der Waals surface area contributed by atoms with Gasteiger partial charge in [0.05, 0.1) is 25.0 Å². The molecule has 18 heavy (non-hydrogen) atoms. The second-order valence-corrected chi connectivity index (χ2v) is 3.99. The van der Waals surface area contributed by atoms with Crippen LogP contribution in [0.15, 0.2) is 48.8 Å². The van der Waals surface area contributed by atoms with Crippen LogP contribution in [0.4, 0.5) is 0 Å². The van der Waals surface area contributed by atoms with E-state index in [4.69, 9.17) is 4.74 Å². The molecular weight excluding hydrogens is 228 g/mol. The first-order valence-corrected chi connectivity index (χ1v) is 5.58. The molecule has 4 heteroatoms. The highest BCUT2D eigenvalue weighted by atomic mass is 16.5. The van der Waals surface area contributed by atoms with Crippen molar-refractivity contribution in [1.29, 1.82) is 0 Å². The Morgan fingerprint density at radius 2 is 1.89 bits per heavy atom. The lowest BCUT2D eigenvalue weighted by molar-refractivity contribution is 0.415. The maximum Gasteiger partial charge on any atom is 0.144 e. The standard InChI is InChI=1S/C14H12N2O2/c1-18-13-6-2-10(3-7-13)14-15-8-11-4-5-12(17)9-16(11)14/h2-9,17H,1H3. The fourth-order valence-electron chi connectivity index (χ4n) is 1.93. The van der Waals surface area contributed by atoms with E-state index in [1.165, 1.54) is 0 Å². The lowest BCUT2D eigenvalue weighted by atomic mass is 10.2. The van der Waals surface area contributed by atoms with Gasteiger partial charge in [-0.25, -0.2) is 4.98 Å². The largest absolute Gasteiger partial charge is 0.506 e. The van der Waals surface area contributed by atoms with Gasteiger partial charge in [-0.2, -0.15) is 0 Å². The number of methoxy groups -OCH3 is 1. The van der Waals surface area contributed by atoms with Gasteiger partial charge in [-0.3, -0.25) is 4.40 Å². The Balaban J connectivity index is 2.15. The third-order valence-electron chi connectivity index (χ3n) is 2.86. The molecule has 3 aromatic rings. The first-order chi connectivity index (χ1) is 8.78. The number of nitrogens with zero attached hydrogens (tertiary/aromatic N) is 2. The van der Waals surface area contributed by atoms with Crippen molar-refractivity contribution >= 4 is 5.52 Å². The van der Waals surface area contributed by atoms with Gasteiger partial charge in [-0.15, -0.1) is 0 Å². The van der Waals surface area contributed by atoms with Crippen LogP contribution in [0.5, 0.6) is 11.5 Å². The summed E-state index contributed by atoms with van der Waals surface area (Å²) in [6, 6.07) is 11.1. The lowest BCUT2D eigenvalue weighted by Gasteiger charge is -2.03. The average molecular weight is 240 g/mol. The molecule has 90 valence electrons. The number of rotatable bonds is 2. The second kappa shape index (κ2) is 4.07. The van der Waals surface area contributed by atoms with E-state index < -0.39 is 0 Å². The number of fused-ring (bicyclic) bond motifs is 1. The number of pyridine rings is 1. The zero-order chi connectivity index (χ0) is 12.5. The van der Waals surface area contributed by atoms with Crippen molar-refractivity contribution < 1.29 is 9.84 Å². The summed E-state index contributed by atoms with van der Waals surface area (Å²) in [7, 11) is 1.64. The minimum atomic E-state index is 0.218. The summed E-state index contributed by atoms with van der Waals surface area (Å²) in [4.78, 5) is 4.37. The Labute approximate surface area is 104 Å². The highest BCUT2D eigenvalue weighted by molar-refractivity contribution is 5.63. The van der Waals surface area contributed by atoms with E-state index in [9.17, 15) is 5.11 Å². The van der Waals surface area contributed by atoms with E-state index in [1.807, 2.05) is 34.7 Å². The summed E-state index contributed by atoms with van der Waals surface area (Å²) in [5.74, 6) is 1.82. The number of aromatic hydroxyl groups is 1. The van der Waals surface area contributed by atoms with Crippen LogP contribution in [-0.2, 0) is 0 Å². The SMILES string of the molecule is COc1ccc(-c2ncc3ccc(O)cn23)cc1. The number of benzene rings is 1. The van der Waals surface area contributed by atoms with Gasteiger partial charge in [0.25, 0.3) is 0 Å². The van der Waals surface area contributed by atoms with Crippen LogP contribution in [0.25, 0.3) is 16.9 Å². The van der Waals surface area contributed by atoms with E-state index in [0.29, 0.717) is 0 Å². The van der Waals surface area contributed by atoms with Crippen LogP contribution in [0, 0.1) is 0 Å². The third kappa shape index (κ3) is 1.68. The van der Waals surface area contributed by atoms with Gasteiger partial charge in [0.15, 0.2) is 0 Å². The fourth-order valence-corrected chi connectivity index (χ4v) is 1.93. The van der Waals surface area contributed by atoms with Crippen molar-refractivity contribution in [1.82, 2.24) is 9.38 Å². The van der Waals surface area contributed by atoms with Gasteiger partial charge in [0.2, 0.25) is 0 Å². The zero-order valence-electron chi connectivity index (χ0n) is 9.87. The Hall–Kier alpha value is -2.49. The number of aromatic nitrogens is 2. The van der Waals surface area contributed by atoms with Crippen molar-refractivity contribution in [3.8, 4) is 22.9 Å². The van der Waals surface area contributed by atoms with Gasteiger partial charge in [-0.1, -0.05) is 0 Å². The van der Waals surface area contributed by atoms with Gasteiger partial charge < -0.3 is 9.84 Å². The Morgan fingerprint density at radius 1 is 1.11 bits per heavy atom. The topological polar surface area (TPSA) is 46.8 Å². The molecule has 0 saturated heterocycles. The summed E-state index contributed by atoms with van der Waals surface area (Å²) in [6.45, 7) is 0. The number of hydrogen-bond acceptors (Lipinski definition) is 3. The van der Waals surface area contributed by atoms with E-state index in [2.05, 4.69) is 4.98 Å². The zero-order valence-corrected chi connectivity index (χ0v) is 9.87. The molecule has 0 amide bonds.